The lowest BCUT2D eigenvalue weighted by molar-refractivity contribution is 0.00509. The molecule has 1 rings (SSSR count). The number of methoxy groups -OCH3 is 1. The van der Waals surface area contributed by atoms with E-state index in [1.54, 1.807) is 7.11 Å². The predicted molar refractivity (Wildman–Crippen MR) is 68.3 cm³/mol. The van der Waals surface area contributed by atoms with Crippen molar-refractivity contribution < 1.29 is 14.2 Å². The Balaban J connectivity index is 2.08. The molecule has 1 atom stereocenters. The molecule has 0 fully saturated rings. The van der Waals surface area contributed by atoms with E-state index < -0.39 is 0 Å². The third kappa shape index (κ3) is 6.14. The fourth-order valence-corrected chi connectivity index (χ4v) is 1.42. The normalized spacial score (nSPS) is 12.4. The van der Waals surface area contributed by atoms with Crippen molar-refractivity contribution in [3.05, 3.63) is 24.3 Å². The van der Waals surface area contributed by atoms with E-state index in [-0.39, 0.29) is 6.10 Å². The fourth-order valence-electron chi connectivity index (χ4n) is 1.42. The Bertz CT molecular complexity index is 317. The highest BCUT2D eigenvalue weighted by molar-refractivity contribution is 5.43. The summed E-state index contributed by atoms with van der Waals surface area (Å²) < 4.78 is 16.0. The van der Waals surface area contributed by atoms with Crippen LogP contribution in [0, 0.1) is 0 Å². The maximum Gasteiger partial charge on any atom is 0.121 e. The summed E-state index contributed by atoms with van der Waals surface area (Å²) >= 11 is 0. The lowest BCUT2D eigenvalue weighted by Crippen LogP contribution is -2.16. The Labute approximate surface area is 103 Å². The minimum absolute atomic E-state index is 0.132. The van der Waals surface area contributed by atoms with E-state index in [1.165, 1.54) is 0 Å². The van der Waals surface area contributed by atoms with Crippen LogP contribution in [0.3, 0.4) is 0 Å². The molecule has 0 aliphatic rings. The second-order valence-electron chi connectivity index (χ2n) is 3.91. The quantitative estimate of drug-likeness (QED) is 0.557. The van der Waals surface area contributed by atoms with Crippen molar-refractivity contribution in [3.8, 4) is 5.75 Å². The van der Waals surface area contributed by atoms with Crippen molar-refractivity contribution in [3.63, 3.8) is 0 Å². The molecule has 1 aromatic carbocycles. The smallest absolute Gasteiger partial charge is 0.121 e. The third-order valence-electron chi connectivity index (χ3n) is 2.22. The van der Waals surface area contributed by atoms with Gasteiger partial charge in [-0.1, -0.05) is 6.07 Å². The molecule has 0 saturated heterocycles. The molecule has 1 unspecified atom stereocenters. The number of benzene rings is 1. The summed E-state index contributed by atoms with van der Waals surface area (Å²) in [5.41, 5.74) is 6.36. The van der Waals surface area contributed by atoms with Crippen molar-refractivity contribution >= 4 is 5.69 Å². The first-order valence-corrected chi connectivity index (χ1v) is 5.81. The van der Waals surface area contributed by atoms with Crippen molar-refractivity contribution in [1.29, 1.82) is 0 Å². The van der Waals surface area contributed by atoms with Crippen LogP contribution in [0.25, 0.3) is 0 Å². The first-order chi connectivity index (χ1) is 8.22. The number of hydrogen-bond donors (Lipinski definition) is 1. The average Bonchev–Trinajstić information content (AvgIpc) is 2.29. The molecule has 0 bridgehead atoms. The molecule has 4 nitrogen and oxygen atoms in total. The third-order valence-corrected chi connectivity index (χ3v) is 2.22. The van der Waals surface area contributed by atoms with Gasteiger partial charge in [0, 0.05) is 25.3 Å². The summed E-state index contributed by atoms with van der Waals surface area (Å²) in [4.78, 5) is 0. The van der Waals surface area contributed by atoms with Crippen LogP contribution in [-0.2, 0) is 9.47 Å². The van der Waals surface area contributed by atoms with Gasteiger partial charge in [-0.2, -0.15) is 0 Å². The standard InChI is InChI=1S/C13H21NO3/c1-11(10-15-2)16-7-4-8-17-13-6-3-5-12(14)9-13/h3,5-6,9,11H,4,7-8,10,14H2,1-2H3. The van der Waals surface area contributed by atoms with E-state index in [9.17, 15) is 0 Å². The van der Waals surface area contributed by atoms with Crippen LogP contribution in [0.2, 0.25) is 0 Å². The van der Waals surface area contributed by atoms with Gasteiger partial charge in [0.05, 0.1) is 25.9 Å². The maximum absolute atomic E-state index is 5.64. The molecule has 0 heterocycles. The molecule has 0 radical (unpaired) electrons. The van der Waals surface area contributed by atoms with Crippen molar-refractivity contribution in [2.24, 2.45) is 0 Å². The van der Waals surface area contributed by atoms with E-state index in [0.717, 1.165) is 12.2 Å². The molecule has 0 spiro atoms. The molecule has 4 heteroatoms. The number of ether oxygens (including phenoxy) is 3. The Morgan fingerprint density at radius 1 is 1.29 bits per heavy atom. The Hall–Kier alpha value is -1.26. The predicted octanol–water partition coefficient (Wildman–Crippen LogP) is 2.09. The van der Waals surface area contributed by atoms with Gasteiger partial charge in [-0.05, 0) is 19.1 Å². The van der Waals surface area contributed by atoms with Crippen molar-refractivity contribution in [2.45, 2.75) is 19.4 Å². The van der Waals surface area contributed by atoms with Crippen LogP contribution in [-0.4, -0.2) is 33.0 Å². The number of rotatable bonds is 8. The monoisotopic (exact) mass is 239 g/mol. The van der Waals surface area contributed by atoms with Crippen molar-refractivity contribution in [1.82, 2.24) is 0 Å². The van der Waals surface area contributed by atoms with Crippen LogP contribution in [0.1, 0.15) is 13.3 Å². The maximum atomic E-state index is 5.64. The molecule has 0 aliphatic carbocycles. The lowest BCUT2D eigenvalue weighted by Gasteiger charge is -2.12. The molecular formula is C13H21NO3. The molecule has 0 amide bonds. The minimum Gasteiger partial charge on any atom is -0.493 e. The SMILES string of the molecule is COCC(C)OCCCOc1cccc(N)c1. The van der Waals surface area contributed by atoms with Gasteiger partial charge in [0.15, 0.2) is 0 Å². The molecule has 96 valence electrons. The van der Waals surface area contributed by atoms with E-state index in [2.05, 4.69) is 0 Å². The van der Waals surface area contributed by atoms with Crippen LogP contribution in [0.4, 0.5) is 5.69 Å². The first-order valence-electron chi connectivity index (χ1n) is 5.81. The van der Waals surface area contributed by atoms with Crippen LogP contribution >= 0.6 is 0 Å². The summed E-state index contributed by atoms with van der Waals surface area (Å²) in [6, 6.07) is 7.42. The zero-order chi connectivity index (χ0) is 12.5. The summed E-state index contributed by atoms with van der Waals surface area (Å²) in [5, 5.41) is 0. The molecular weight excluding hydrogens is 218 g/mol. The summed E-state index contributed by atoms with van der Waals surface area (Å²) in [6.45, 7) is 3.91. The van der Waals surface area contributed by atoms with Gasteiger partial charge in [-0.15, -0.1) is 0 Å². The number of nitrogens with two attached hydrogens (primary N) is 1. The summed E-state index contributed by atoms with van der Waals surface area (Å²) in [5.74, 6) is 0.801. The zero-order valence-corrected chi connectivity index (χ0v) is 10.5. The van der Waals surface area contributed by atoms with Gasteiger partial charge in [0.25, 0.3) is 0 Å². The second kappa shape index (κ2) is 7.92. The molecule has 0 saturated carbocycles. The van der Waals surface area contributed by atoms with Gasteiger partial charge < -0.3 is 19.9 Å². The van der Waals surface area contributed by atoms with Crippen LogP contribution in [0.15, 0.2) is 24.3 Å². The van der Waals surface area contributed by atoms with E-state index in [1.807, 2.05) is 31.2 Å². The molecule has 0 aliphatic heterocycles. The van der Waals surface area contributed by atoms with Crippen molar-refractivity contribution in [2.75, 3.05) is 32.7 Å². The van der Waals surface area contributed by atoms with Gasteiger partial charge in [0.2, 0.25) is 0 Å². The highest BCUT2D eigenvalue weighted by atomic mass is 16.5. The van der Waals surface area contributed by atoms with E-state index >= 15 is 0 Å². The number of nitrogen functional groups attached to an aromatic ring is 1. The highest BCUT2D eigenvalue weighted by Crippen LogP contribution is 2.14. The van der Waals surface area contributed by atoms with Gasteiger partial charge in [-0.25, -0.2) is 0 Å². The highest BCUT2D eigenvalue weighted by Gasteiger charge is 2.00. The Morgan fingerprint density at radius 2 is 2.12 bits per heavy atom. The van der Waals surface area contributed by atoms with Crippen LogP contribution < -0.4 is 10.5 Å². The summed E-state index contributed by atoms with van der Waals surface area (Å²) in [7, 11) is 1.67. The topological polar surface area (TPSA) is 53.7 Å². The molecule has 0 aromatic heterocycles. The average molecular weight is 239 g/mol. The Kier molecular flexibility index (Phi) is 6.43. The largest absolute Gasteiger partial charge is 0.493 e. The van der Waals surface area contributed by atoms with E-state index in [4.69, 9.17) is 19.9 Å². The van der Waals surface area contributed by atoms with Gasteiger partial charge >= 0.3 is 0 Å². The molecule has 1 aromatic rings. The molecule has 17 heavy (non-hydrogen) atoms. The fraction of sp³-hybridized carbons (Fsp3) is 0.538. The van der Waals surface area contributed by atoms with Gasteiger partial charge in [-0.3, -0.25) is 0 Å². The summed E-state index contributed by atoms with van der Waals surface area (Å²) in [6.07, 6.45) is 0.982. The second-order valence-corrected chi connectivity index (χ2v) is 3.91. The zero-order valence-electron chi connectivity index (χ0n) is 10.5. The van der Waals surface area contributed by atoms with Crippen LogP contribution in [0.5, 0.6) is 5.75 Å². The Morgan fingerprint density at radius 3 is 2.82 bits per heavy atom. The van der Waals surface area contributed by atoms with Gasteiger partial charge in [0.1, 0.15) is 5.75 Å². The minimum atomic E-state index is 0.132. The lowest BCUT2D eigenvalue weighted by atomic mass is 10.3. The van der Waals surface area contributed by atoms with E-state index in [0.29, 0.717) is 25.5 Å². The number of anilines is 1. The number of hydrogen-bond acceptors (Lipinski definition) is 4. The first kappa shape index (κ1) is 13.8. The molecule has 2 N–H and O–H groups in total.